The summed E-state index contributed by atoms with van der Waals surface area (Å²) in [5, 5.41) is 9.14. The molecule has 0 aliphatic heterocycles. The van der Waals surface area contributed by atoms with E-state index in [-0.39, 0.29) is 35.1 Å². The fraction of sp³-hybridized carbons (Fsp3) is 0.0714. The molecule has 0 saturated heterocycles. The third-order valence-electron chi connectivity index (χ3n) is 2.77. The van der Waals surface area contributed by atoms with Gasteiger partial charge in [-0.25, -0.2) is 8.42 Å². The van der Waals surface area contributed by atoms with Gasteiger partial charge < -0.3 is 9.66 Å². The molecule has 0 fully saturated rings. The van der Waals surface area contributed by atoms with Crippen molar-refractivity contribution < 1.29 is 52.4 Å². The first-order chi connectivity index (χ1) is 9.39. The molecule has 0 heterocycles. The molecule has 2 aromatic carbocycles. The molecule has 0 amide bonds. The number of carbonyl (C=O) groups is 1. The molecule has 5 nitrogen and oxygen atoms in total. The average Bonchev–Trinajstić information content (AvgIpc) is 2.46. The first kappa shape index (κ1) is 18.0. The van der Waals surface area contributed by atoms with Crippen LogP contribution in [0.3, 0.4) is 0 Å². The molecule has 0 aliphatic rings. The van der Waals surface area contributed by atoms with Gasteiger partial charge in [0.2, 0.25) is 11.2 Å². The second kappa shape index (κ2) is 7.31. The Kier molecular flexibility index (Phi) is 6.27. The Bertz CT molecular complexity index is 711. The van der Waals surface area contributed by atoms with Crippen molar-refractivity contribution in [2.24, 2.45) is 0 Å². The second-order valence-corrected chi connectivity index (χ2v) is 5.58. The van der Waals surface area contributed by atoms with Gasteiger partial charge in [0, 0.05) is 5.56 Å². The summed E-state index contributed by atoms with van der Waals surface area (Å²) in [7, 11) is -5.06. The Balaban J connectivity index is 0.00000220. The summed E-state index contributed by atoms with van der Waals surface area (Å²) in [6, 6.07) is 15.3. The maximum Gasteiger partial charge on any atom is 1.00 e. The Hall–Kier alpha value is -1.02. The van der Waals surface area contributed by atoms with Crippen molar-refractivity contribution >= 4 is 15.9 Å². The average molecular weight is 314 g/mol. The van der Waals surface area contributed by atoms with E-state index in [2.05, 4.69) is 0 Å². The molecule has 0 spiro atoms. The van der Waals surface area contributed by atoms with Crippen LogP contribution in [-0.4, -0.2) is 29.3 Å². The van der Waals surface area contributed by atoms with Gasteiger partial charge in [0.1, 0.15) is 10.1 Å². The quantitative estimate of drug-likeness (QED) is 0.417. The first-order valence-electron chi connectivity index (χ1n) is 5.72. The predicted molar refractivity (Wildman–Crippen MR) is 71.9 cm³/mol. The van der Waals surface area contributed by atoms with Gasteiger partial charge in [0.05, 0.1) is 0 Å². The predicted octanol–water partition coefficient (Wildman–Crippen LogP) is -1.60. The number of rotatable bonds is 4. The van der Waals surface area contributed by atoms with E-state index in [1.54, 1.807) is 12.1 Å². The van der Waals surface area contributed by atoms with E-state index in [0.29, 0.717) is 0 Å². The van der Waals surface area contributed by atoms with Crippen molar-refractivity contribution in [3.05, 3.63) is 60.2 Å². The number of benzene rings is 2. The fourth-order valence-corrected chi connectivity index (χ4v) is 2.13. The van der Waals surface area contributed by atoms with Gasteiger partial charge in [-0.1, -0.05) is 54.6 Å². The van der Waals surface area contributed by atoms with Crippen LogP contribution in [0.5, 0.6) is 0 Å². The largest absolute Gasteiger partial charge is 1.00 e. The molecule has 2 rings (SSSR count). The van der Waals surface area contributed by atoms with Crippen molar-refractivity contribution in [3.8, 4) is 11.1 Å². The van der Waals surface area contributed by atoms with Crippen LogP contribution in [0.2, 0.25) is 0 Å². The van der Waals surface area contributed by atoms with Gasteiger partial charge in [-0.2, -0.15) is 0 Å². The van der Waals surface area contributed by atoms with Crippen LogP contribution in [0.4, 0.5) is 0 Å². The first-order valence-corrected chi connectivity index (χ1v) is 7.19. The zero-order valence-corrected chi connectivity index (χ0v) is 14.1. The molecule has 0 aliphatic carbocycles. The van der Waals surface area contributed by atoms with Crippen LogP contribution in [0.1, 0.15) is 10.4 Å². The van der Waals surface area contributed by atoms with Crippen molar-refractivity contribution in [2.75, 3.05) is 0 Å². The van der Waals surface area contributed by atoms with E-state index < -0.39 is 21.3 Å². The van der Waals surface area contributed by atoms with Crippen LogP contribution >= 0.6 is 0 Å². The molecule has 1 unspecified atom stereocenters. The van der Waals surface area contributed by atoms with Crippen molar-refractivity contribution in [2.45, 2.75) is 5.44 Å². The van der Waals surface area contributed by atoms with Gasteiger partial charge in [-0.15, -0.1) is 0 Å². The molecule has 0 radical (unpaired) electrons. The molecule has 0 aromatic heterocycles. The monoisotopic (exact) mass is 314 g/mol. The smallest absolute Gasteiger partial charge is 0.746 e. The molecular weight excluding hydrogens is 303 g/mol. The van der Waals surface area contributed by atoms with Crippen LogP contribution in [0.15, 0.2) is 54.6 Å². The summed E-state index contributed by atoms with van der Waals surface area (Å²) in [4.78, 5) is 11.6. The number of ketones is 1. The third-order valence-corrected chi connectivity index (χ3v) is 3.54. The van der Waals surface area contributed by atoms with Crippen LogP contribution < -0.4 is 29.6 Å². The van der Waals surface area contributed by atoms with E-state index in [4.69, 9.17) is 5.11 Å². The topological polar surface area (TPSA) is 94.5 Å². The SMILES string of the molecule is O=C(c1ccc(-c2ccccc2)cc1)C(O)S(=O)(=O)[O-].[Na+]. The Morgan fingerprint density at radius 2 is 1.43 bits per heavy atom. The second-order valence-electron chi connectivity index (χ2n) is 4.15. The van der Waals surface area contributed by atoms with Crippen LogP contribution in [0, 0.1) is 0 Å². The van der Waals surface area contributed by atoms with Crippen LogP contribution in [0.25, 0.3) is 11.1 Å². The molecule has 21 heavy (non-hydrogen) atoms. The Labute approximate surface area is 144 Å². The van der Waals surface area contributed by atoms with E-state index in [0.717, 1.165) is 11.1 Å². The van der Waals surface area contributed by atoms with Gasteiger partial charge in [-0.3, -0.25) is 4.79 Å². The van der Waals surface area contributed by atoms with Crippen molar-refractivity contribution in [1.82, 2.24) is 0 Å². The minimum absolute atomic E-state index is 0. The normalized spacial score (nSPS) is 12.3. The number of carbonyl (C=O) groups excluding carboxylic acids is 1. The molecule has 2 aromatic rings. The molecule has 104 valence electrons. The fourth-order valence-electron chi connectivity index (χ4n) is 1.73. The maximum atomic E-state index is 11.6. The summed E-state index contributed by atoms with van der Waals surface area (Å²) in [6.07, 6.45) is 0. The third kappa shape index (κ3) is 4.47. The molecule has 1 N–H and O–H groups in total. The van der Waals surface area contributed by atoms with Gasteiger partial charge in [0.15, 0.2) is 0 Å². The van der Waals surface area contributed by atoms with Gasteiger partial charge in [0.25, 0.3) is 0 Å². The summed E-state index contributed by atoms with van der Waals surface area (Å²) in [6.45, 7) is 0. The molecule has 7 heteroatoms. The zero-order valence-electron chi connectivity index (χ0n) is 11.3. The number of hydrogen-bond donors (Lipinski definition) is 1. The van der Waals surface area contributed by atoms with Crippen LogP contribution in [-0.2, 0) is 10.1 Å². The van der Waals surface area contributed by atoms with Crippen molar-refractivity contribution in [1.29, 1.82) is 0 Å². The molecule has 0 saturated carbocycles. The number of Topliss-reactive ketones (excluding diaryl/α,β-unsaturated/α-hetero) is 1. The molecule has 0 bridgehead atoms. The van der Waals surface area contributed by atoms with E-state index in [9.17, 15) is 17.8 Å². The number of hydrogen-bond acceptors (Lipinski definition) is 5. The van der Waals surface area contributed by atoms with Gasteiger partial charge >= 0.3 is 29.6 Å². The summed E-state index contributed by atoms with van der Waals surface area (Å²) < 4.78 is 31.8. The maximum absolute atomic E-state index is 11.6. The minimum atomic E-state index is -5.06. The number of aliphatic hydroxyl groups is 1. The number of aliphatic hydroxyl groups excluding tert-OH is 1. The molecular formula is C14H11NaO5S. The van der Waals surface area contributed by atoms with Gasteiger partial charge in [-0.05, 0) is 11.1 Å². The van der Waals surface area contributed by atoms with E-state index in [1.165, 1.54) is 12.1 Å². The Morgan fingerprint density at radius 1 is 0.952 bits per heavy atom. The summed E-state index contributed by atoms with van der Waals surface area (Å²) >= 11 is 0. The van der Waals surface area contributed by atoms with E-state index in [1.807, 2.05) is 30.3 Å². The molecule has 1 atom stereocenters. The van der Waals surface area contributed by atoms with Crippen molar-refractivity contribution in [3.63, 3.8) is 0 Å². The standard InChI is InChI=1S/C14H12O5S.Na/c15-13(14(16)20(17,18)19)12-8-6-11(7-9-12)10-4-2-1-3-5-10;/h1-9,14,16H,(H,17,18,19);/q;+1/p-1. The Morgan fingerprint density at radius 3 is 1.90 bits per heavy atom. The minimum Gasteiger partial charge on any atom is -0.746 e. The zero-order chi connectivity index (χ0) is 14.8. The summed E-state index contributed by atoms with van der Waals surface area (Å²) in [5.41, 5.74) is -0.827. The summed E-state index contributed by atoms with van der Waals surface area (Å²) in [5.74, 6) is -1.13. The van der Waals surface area contributed by atoms with E-state index >= 15 is 0 Å².